The number of aryl methyl sites for hydroxylation is 2. The molecule has 0 radical (unpaired) electrons. The molecule has 2 atom stereocenters. The van der Waals surface area contributed by atoms with Gasteiger partial charge in [-0.2, -0.15) is 0 Å². The van der Waals surface area contributed by atoms with E-state index in [9.17, 15) is 0 Å². The van der Waals surface area contributed by atoms with Crippen molar-refractivity contribution in [2.45, 2.75) is 41.5 Å². The second kappa shape index (κ2) is 10.7. The van der Waals surface area contributed by atoms with Gasteiger partial charge in [0, 0.05) is 0 Å². The molecule has 0 aliphatic carbocycles. The molecule has 0 heterocycles. The highest BCUT2D eigenvalue weighted by atomic mass is 16.5. The average molecular weight is 328 g/mol. The van der Waals surface area contributed by atoms with Gasteiger partial charge in [0.15, 0.2) is 0 Å². The van der Waals surface area contributed by atoms with E-state index in [1.807, 2.05) is 38.1 Å². The van der Waals surface area contributed by atoms with Gasteiger partial charge < -0.3 is 9.47 Å². The first kappa shape index (κ1) is 20.1. The average Bonchev–Trinajstić information content (AvgIpc) is 2.60. The molecule has 0 N–H and O–H groups in total. The van der Waals surface area contributed by atoms with E-state index in [0.29, 0.717) is 25.0 Å². The predicted molar refractivity (Wildman–Crippen MR) is 103 cm³/mol. The number of benzene rings is 2. The van der Waals surface area contributed by atoms with Crippen LogP contribution in [0.4, 0.5) is 0 Å². The van der Waals surface area contributed by atoms with Crippen LogP contribution in [0.1, 0.15) is 38.8 Å². The van der Waals surface area contributed by atoms with Crippen molar-refractivity contribution in [2.24, 2.45) is 11.8 Å². The fourth-order valence-electron chi connectivity index (χ4n) is 2.12. The summed E-state index contributed by atoms with van der Waals surface area (Å²) in [6.07, 6.45) is 0. The number of rotatable bonds is 7. The van der Waals surface area contributed by atoms with Crippen molar-refractivity contribution in [2.75, 3.05) is 13.2 Å². The zero-order chi connectivity index (χ0) is 17.9. The summed E-state index contributed by atoms with van der Waals surface area (Å²) in [4.78, 5) is 0. The summed E-state index contributed by atoms with van der Waals surface area (Å²) >= 11 is 0. The molecule has 132 valence electrons. The van der Waals surface area contributed by atoms with E-state index in [0.717, 1.165) is 11.5 Å². The number of hydrogen-bond acceptors (Lipinski definition) is 2. The van der Waals surface area contributed by atoms with Crippen molar-refractivity contribution in [3.8, 4) is 11.5 Å². The molecule has 2 rings (SSSR count). The van der Waals surface area contributed by atoms with Crippen LogP contribution in [-0.4, -0.2) is 13.2 Å². The lowest BCUT2D eigenvalue weighted by molar-refractivity contribution is 0.163. The van der Waals surface area contributed by atoms with Crippen LogP contribution in [0.5, 0.6) is 11.5 Å². The maximum Gasteiger partial charge on any atom is 0.119 e. The van der Waals surface area contributed by atoms with Crippen LogP contribution in [0.3, 0.4) is 0 Å². The van der Waals surface area contributed by atoms with Gasteiger partial charge in [0.05, 0.1) is 13.2 Å². The van der Waals surface area contributed by atoms with Crippen molar-refractivity contribution < 1.29 is 9.47 Å². The molecule has 0 amide bonds. The molecule has 0 aliphatic heterocycles. The lowest BCUT2D eigenvalue weighted by atomic mass is 9.98. The highest BCUT2D eigenvalue weighted by Gasteiger charge is 2.14. The summed E-state index contributed by atoms with van der Waals surface area (Å²) in [5.41, 5.74) is 2.47. The molecule has 0 bridgehead atoms. The Morgan fingerprint density at radius 1 is 0.708 bits per heavy atom. The monoisotopic (exact) mass is 328 g/mol. The minimum Gasteiger partial charge on any atom is -0.493 e. The van der Waals surface area contributed by atoms with E-state index in [4.69, 9.17) is 9.47 Å². The van der Waals surface area contributed by atoms with E-state index in [1.165, 1.54) is 11.1 Å². The van der Waals surface area contributed by atoms with Gasteiger partial charge in [-0.1, -0.05) is 57.5 Å². The molecule has 24 heavy (non-hydrogen) atoms. The first-order valence-electron chi connectivity index (χ1n) is 8.93. The normalized spacial score (nSPS) is 12.6. The van der Waals surface area contributed by atoms with Crippen LogP contribution in [0.25, 0.3) is 0 Å². The minimum atomic E-state index is 0.436. The SMILES string of the molecule is CC.Cc1ccc(OCC(C)C(C)COc2cccc(C)c2)cc1. The first-order chi connectivity index (χ1) is 11.5. The summed E-state index contributed by atoms with van der Waals surface area (Å²) in [6.45, 7) is 14.0. The van der Waals surface area contributed by atoms with E-state index < -0.39 is 0 Å². The number of ether oxygens (including phenoxy) is 2. The molecule has 0 aliphatic rings. The molecule has 2 aromatic carbocycles. The highest BCUT2D eigenvalue weighted by molar-refractivity contribution is 5.27. The molecule has 2 unspecified atom stereocenters. The van der Waals surface area contributed by atoms with Gasteiger partial charge in [-0.25, -0.2) is 0 Å². The third kappa shape index (κ3) is 7.08. The van der Waals surface area contributed by atoms with Crippen LogP contribution >= 0.6 is 0 Å². The van der Waals surface area contributed by atoms with E-state index in [1.54, 1.807) is 0 Å². The number of hydrogen-bond donors (Lipinski definition) is 0. The zero-order valence-electron chi connectivity index (χ0n) is 16.0. The van der Waals surface area contributed by atoms with Crippen LogP contribution in [0, 0.1) is 25.7 Å². The van der Waals surface area contributed by atoms with Crippen molar-refractivity contribution in [3.63, 3.8) is 0 Å². The van der Waals surface area contributed by atoms with Gasteiger partial charge >= 0.3 is 0 Å². The Hall–Kier alpha value is -1.96. The Labute approximate surface area is 147 Å². The van der Waals surface area contributed by atoms with Crippen molar-refractivity contribution >= 4 is 0 Å². The molecule has 2 heteroatoms. The maximum atomic E-state index is 5.88. The summed E-state index contributed by atoms with van der Waals surface area (Å²) in [5.74, 6) is 2.75. The molecule has 0 saturated heterocycles. The molecule has 0 spiro atoms. The topological polar surface area (TPSA) is 18.5 Å². The summed E-state index contributed by atoms with van der Waals surface area (Å²) in [6, 6.07) is 16.4. The Kier molecular flexibility index (Phi) is 8.99. The van der Waals surface area contributed by atoms with Crippen molar-refractivity contribution in [1.29, 1.82) is 0 Å². The second-order valence-electron chi connectivity index (χ2n) is 6.21. The Balaban J connectivity index is 0.00000139. The first-order valence-corrected chi connectivity index (χ1v) is 8.93. The van der Waals surface area contributed by atoms with Crippen LogP contribution < -0.4 is 9.47 Å². The van der Waals surface area contributed by atoms with Gasteiger partial charge in [0.1, 0.15) is 11.5 Å². The summed E-state index contributed by atoms with van der Waals surface area (Å²) in [5, 5.41) is 0. The van der Waals surface area contributed by atoms with Crippen molar-refractivity contribution in [1.82, 2.24) is 0 Å². The molecule has 0 aromatic heterocycles. The summed E-state index contributed by atoms with van der Waals surface area (Å²) in [7, 11) is 0. The Morgan fingerprint density at radius 2 is 1.25 bits per heavy atom. The zero-order valence-corrected chi connectivity index (χ0v) is 16.0. The standard InChI is InChI=1S/C20H26O2.C2H6/c1-15-8-10-19(11-9-15)21-13-17(3)18(4)14-22-20-7-5-6-16(2)12-20;1-2/h5-12,17-18H,13-14H2,1-4H3;1-2H3. The fourth-order valence-corrected chi connectivity index (χ4v) is 2.12. The fraction of sp³-hybridized carbons (Fsp3) is 0.455. The van der Waals surface area contributed by atoms with Gasteiger partial charge in [-0.3, -0.25) is 0 Å². The van der Waals surface area contributed by atoms with Gasteiger partial charge in [0.25, 0.3) is 0 Å². The van der Waals surface area contributed by atoms with E-state index in [2.05, 4.69) is 52.0 Å². The molecule has 0 fully saturated rings. The van der Waals surface area contributed by atoms with E-state index >= 15 is 0 Å². The van der Waals surface area contributed by atoms with Crippen molar-refractivity contribution in [3.05, 3.63) is 59.7 Å². The van der Waals surface area contributed by atoms with Crippen LogP contribution in [-0.2, 0) is 0 Å². The molecule has 2 aromatic rings. The third-order valence-electron chi connectivity index (χ3n) is 4.01. The van der Waals surface area contributed by atoms with E-state index in [-0.39, 0.29) is 0 Å². The predicted octanol–water partition coefficient (Wildman–Crippen LogP) is 6.06. The molecule has 2 nitrogen and oxygen atoms in total. The van der Waals surface area contributed by atoms with Crippen LogP contribution in [0.2, 0.25) is 0 Å². The van der Waals surface area contributed by atoms with Gasteiger partial charge in [-0.15, -0.1) is 0 Å². The third-order valence-corrected chi connectivity index (χ3v) is 4.01. The smallest absolute Gasteiger partial charge is 0.119 e. The Bertz CT molecular complexity index is 575. The lowest BCUT2D eigenvalue weighted by Gasteiger charge is -2.21. The van der Waals surface area contributed by atoms with Gasteiger partial charge in [0.2, 0.25) is 0 Å². The lowest BCUT2D eigenvalue weighted by Crippen LogP contribution is -2.22. The summed E-state index contributed by atoms with van der Waals surface area (Å²) < 4.78 is 11.7. The molecular weight excluding hydrogens is 296 g/mol. The van der Waals surface area contributed by atoms with Crippen LogP contribution in [0.15, 0.2) is 48.5 Å². The molecular formula is C22H32O2. The minimum absolute atomic E-state index is 0.436. The maximum absolute atomic E-state index is 5.88. The quantitative estimate of drug-likeness (QED) is 0.615. The highest BCUT2D eigenvalue weighted by Crippen LogP contribution is 2.18. The molecule has 0 saturated carbocycles. The van der Waals surface area contributed by atoms with Gasteiger partial charge in [-0.05, 0) is 55.5 Å². The second-order valence-corrected chi connectivity index (χ2v) is 6.21. The Morgan fingerprint density at radius 3 is 1.79 bits per heavy atom. The largest absolute Gasteiger partial charge is 0.493 e.